The van der Waals surface area contributed by atoms with Crippen LogP contribution >= 0.6 is 0 Å². The van der Waals surface area contributed by atoms with Gasteiger partial charge in [0, 0.05) is 13.2 Å². The summed E-state index contributed by atoms with van der Waals surface area (Å²) in [4.78, 5) is 9.18. The lowest BCUT2D eigenvalue weighted by atomic mass is 10.5. The summed E-state index contributed by atoms with van der Waals surface area (Å²) in [6, 6.07) is 1.70. The van der Waals surface area contributed by atoms with Crippen molar-refractivity contribution in [3.63, 3.8) is 0 Å². The summed E-state index contributed by atoms with van der Waals surface area (Å²) in [5.41, 5.74) is 5.41. The van der Waals surface area contributed by atoms with Crippen LogP contribution in [0.2, 0.25) is 0 Å². The zero-order chi connectivity index (χ0) is 9.97. The number of aryl methyl sites for hydroxylation is 1. The first-order valence-corrected chi connectivity index (χ1v) is 3.96. The predicted octanol–water partition coefficient (Wildman–Crippen LogP) is -0.0691. The van der Waals surface area contributed by atoms with Crippen molar-refractivity contribution in [1.82, 2.24) is 25.0 Å². The van der Waals surface area contributed by atoms with E-state index in [0.29, 0.717) is 11.6 Å². The molecule has 72 valence electrons. The molecule has 0 amide bonds. The van der Waals surface area contributed by atoms with Crippen molar-refractivity contribution >= 4 is 17.6 Å². The van der Waals surface area contributed by atoms with Gasteiger partial charge in [-0.05, 0) is 6.07 Å². The molecule has 0 spiro atoms. The summed E-state index contributed by atoms with van der Waals surface area (Å²) in [7, 11) is 1.74. The van der Waals surface area contributed by atoms with Crippen molar-refractivity contribution in [1.29, 1.82) is 0 Å². The number of nitrogens with two attached hydrogens (primary N) is 1. The fourth-order valence-electron chi connectivity index (χ4n) is 0.978. The van der Waals surface area contributed by atoms with E-state index >= 15 is 0 Å². The van der Waals surface area contributed by atoms with Crippen molar-refractivity contribution in [2.45, 2.75) is 0 Å². The second-order valence-electron chi connectivity index (χ2n) is 2.64. The van der Waals surface area contributed by atoms with Gasteiger partial charge >= 0.3 is 0 Å². The highest BCUT2D eigenvalue weighted by atomic mass is 15.5. The molecule has 0 aliphatic rings. The van der Waals surface area contributed by atoms with Crippen LogP contribution in [0.1, 0.15) is 0 Å². The van der Waals surface area contributed by atoms with E-state index in [-0.39, 0.29) is 5.95 Å². The van der Waals surface area contributed by atoms with Gasteiger partial charge in [-0.3, -0.25) is 0 Å². The molecule has 0 saturated carbocycles. The summed E-state index contributed by atoms with van der Waals surface area (Å²) in [5.74, 6) is 1.43. The SMILES string of the molecule is Cn1ncc(Nc2ccnc(N)n2)n1. The molecular weight excluding hydrogens is 182 g/mol. The largest absolute Gasteiger partial charge is 0.368 e. The molecule has 0 unspecified atom stereocenters. The second kappa shape index (κ2) is 3.29. The van der Waals surface area contributed by atoms with E-state index in [1.54, 1.807) is 25.5 Å². The standard InChI is InChI=1S/C7H9N7/c1-14-10-4-6(13-14)11-5-2-3-9-7(8)12-5/h2-4H,1H3,(H3,8,9,11,12,13). The monoisotopic (exact) mass is 191 g/mol. The molecule has 2 aromatic rings. The van der Waals surface area contributed by atoms with Gasteiger partial charge in [-0.25, -0.2) is 4.98 Å². The molecule has 0 saturated heterocycles. The van der Waals surface area contributed by atoms with Crippen LogP contribution in [0, 0.1) is 0 Å². The normalized spacial score (nSPS) is 10.1. The van der Waals surface area contributed by atoms with Crippen LogP contribution in [0.15, 0.2) is 18.5 Å². The topological polar surface area (TPSA) is 94.5 Å². The fourth-order valence-corrected chi connectivity index (χ4v) is 0.978. The summed E-state index contributed by atoms with van der Waals surface area (Å²) in [6.45, 7) is 0. The Hall–Kier alpha value is -2.18. The smallest absolute Gasteiger partial charge is 0.221 e. The third-order valence-corrected chi connectivity index (χ3v) is 1.53. The maximum absolute atomic E-state index is 5.41. The lowest BCUT2D eigenvalue weighted by Gasteiger charge is -2.00. The molecule has 2 heterocycles. The Labute approximate surface area is 80.0 Å². The van der Waals surface area contributed by atoms with Gasteiger partial charge < -0.3 is 11.1 Å². The van der Waals surface area contributed by atoms with E-state index in [4.69, 9.17) is 5.73 Å². The van der Waals surface area contributed by atoms with Gasteiger partial charge in [-0.1, -0.05) is 0 Å². The minimum Gasteiger partial charge on any atom is -0.368 e. The van der Waals surface area contributed by atoms with Crippen molar-refractivity contribution in [3.05, 3.63) is 18.5 Å². The molecule has 7 nitrogen and oxygen atoms in total. The first-order valence-electron chi connectivity index (χ1n) is 3.96. The lowest BCUT2D eigenvalue weighted by Crippen LogP contribution is -2.00. The average molecular weight is 191 g/mol. The summed E-state index contributed by atoms with van der Waals surface area (Å²) in [5, 5.41) is 10.9. The highest BCUT2D eigenvalue weighted by molar-refractivity contribution is 5.50. The Kier molecular flexibility index (Phi) is 1.98. The van der Waals surface area contributed by atoms with Crippen LogP contribution in [0.5, 0.6) is 0 Å². The van der Waals surface area contributed by atoms with Crippen molar-refractivity contribution in [2.24, 2.45) is 7.05 Å². The average Bonchev–Trinajstić information content (AvgIpc) is 2.51. The van der Waals surface area contributed by atoms with Crippen LogP contribution in [0.25, 0.3) is 0 Å². The van der Waals surface area contributed by atoms with E-state index in [1.165, 1.54) is 4.80 Å². The van der Waals surface area contributed by atoms with Gasteiger partial charge in [-0.15, -0.1) is 5.10 Å². The van der Waals surface area contributed by atoms with E-state index in [1.807, 2.05) is 0 Å². The van der Waals surface area contributed by atoms with Crippen LogP contribution in [-0.4, -0.2) is 25.0 Å². The Bertz CT molecular complexity index is 435. The van der Waals surface area contributed by atoms with E-state index < -0.39 is 0 Å². The summed E-state index contributed by atoms with van der Waals surface area (Å²) < 4.78 is 0. The minimum atomic E-state index is 0.221. The number of nitrogen functional groups attached to an aromatic ring is 1. The first-order chi connectivity index (χ1) is 6.74. The van der Waals surface area contributed by atoms with E-state index in [2.05, 4.69) is 25.5 Å². The Balaban J connectivity index is 2.18. The van der Waals surface area contributed by atoms with Gasteiger partial charge in [0.25, 0.3) is 0 Å². The van der Waals surface area contributed by atoms with Crippen LogP contribution in [0.3, 0.4) is 0 Å². The Morgan fingerprint density at radius 3 is 2.93 bits per heavy atom. The van der Waals surface area contributed by atoms with Crippen LogP contribution in [-0.2, 0) is 7.05 Å². The molecule has 7 heteroatoms. The quantitative estimate of drug-likeness (QED) is 0.690. The van der Waals surface area contributed by atoms with Crippen LogP contribution in [0.4, 0.5) is 17.6 Å². The molecule has 0 radical (unpaired) electrons. The predicted molar refractivity (Wildman–Crippen MR) is 50.7 cm³/mol. The van der Waals surface area contributed by atoms with Gasteiger partial charge in [0.15, 0.2) is 5.82 Å². The maximum atomic E-state index is 5.41. The highest BCUT2D eigenvalue weighted by Crippen LogP contribution is 2.09. The van der Waals surface area contributed by atoms with Gasteiger partial charge in [0.2, 0.25) is 5.95 Å². The number of hydrogen-bond acceptors (Lipinski definition) is 6. The Morgan fingerprint density at radius 2 is 2.29 bits per heavy atom. The number of hydrogen-bond donors (Lipinski definition) is 2. The number of rotatable bonds is 2. The van der Waals surface area contributed by atoms with E-state index in [0.717, 1.165) is 0 Å². The number of aromatic nitrogens is 5. The molecule has 3 N–H and O–H groups in total. The molecule has 2 aromatic heterocycles. The zero-order valence-corrected chi connectivity index (χ0v) is 7.55. The third kappa shape index (κ3) is 1.76. The van der Waals surface area contributed by atoms with Gasteiger partial charge in [-0.2, -0.15) is 14.9 Å². The fraction of sp³-hybridized carbons (Fsp3) is 0.143. The molecule has 0 fully saturated rings. The first kappa shape index (κ1) is 8.42. The van der Waals surface area contributed by atoms with Crippen molar-refractivity contribution in [2.75, 3.05) is 11.1 Å². The summed E-state index contributed by atoms with van der Waals surface area (Å²) in [6.07, 6.45) is 3.17. The number of anilines is 3. The van der Waals surface area contributed by atoms with Crippen LogP contribution < -0.4 is 11.1 Å². The molecule has 2 rings (SSSR count). The molecule has 0 atom stereocenters. The molecule has 0 aliphatic heterocycles. The van der Waals surface area contributed by atoms with Crippen molar-refractivity contribution in [3.8, 4) is 0 Å². The van der Waals surface area contributed by atoms with E-state index in [9.17, 15) is 0 Å². The molecule has 0 aromatic carbocycles. The zero-order valence-electron chi connectivity index (χ0n) is 7.55. The van der Waals surface area contributed by atoms with Gasteiger partial charge in [0.05, 0.1) is 6.20 Å². The lowest BCUT2D eigenvalue weighted by molar-refractivity contribution is 0.656. The molecular formula is C7H9N7. The number of nitrogens with zero attached hydrogens (tertiary/aromatic N) is 5. The number of nitrogens with one attached hydrogen (secondary N) is 1. The molecule has 0 aliphatic carbocycles. The maximum Gasteiger partial charge on any atom is 0.221 e. The molecule has 14 heavy (non-hydrogen) atoms. The molecule has 0 bridgehead atoms. The van der Waals surface area contributed by atoms with Crippen molar-refractivity contribution < 1.29 is 0 Å². The summed E-state index contributed by atoms with van der Waals surface area (Å²) >= 11 is 0. The third-order valence-electron chi connectivity index (χ3n) is 1.53. The Morgan fingerprint density at radius 1 is 1.43 bits per heavy atom. The second-order valence-corrected chi connectivity index (χ2v) is 2.64. The minimum absolute atomic E-state index is 0.221. The highest BCUT2D eigenvalue weighted by Gasteiger charge is 1.99. The van der Waals surface area contributed by atoms with Gasteiger partial charge in [0.1, 0.15) is 5.82 Å².